The zero-order chi connectivity index (χ0) is 19.8. The van der Waals surface area contributed by atoms with Crippen LogP contribution in [0.15, 0.2) is 48.5 Å². The van der Waals surface area contributed by atoms with Crippen LogP contribution >= 0.6 is 11.6 Å². The summed E-state index contributed by atoms with van der Waals surface area (Å²) in [6, 6.07) is 14.6. The lowest BCUT2D eigenvalue weighted by Gasteiger charge is -2.05. The maximum Gasteiger partial charge on any atom is 0.256 e. The van der Waals surface area contributed by atoms with E-state index in [0.717, 1.165) is 22.6 Å². The topological polar surface area (TPSA) is 74.0 Å². The van der Waals surface area contributed by atoms with Gasteiger partial charge in [0.25, 0.3) is 5.91 Å². The van der Waals surface area contributed by atoms with Crippen molar-refractivity contribution in [1.29, 1.82) is 0 Å². The third-order valence-corrected chi connectivity index (χ3v) is 4.85. The van der Waals surface area contributed by atoms with Gasteiger partial charge in [0.15, 0.2) is 11.6 Å². The van der Waals surface area contributed by atoms with Crippen molar-refractivity contribution < 1.29 is 9.53 Å². The Kier molecular flexibility index (Phi) is 4.52. The summed E-state index contributed by atoms with van der Waals surface area (Å²) < 4.78 is 8.81. The van der Waals surface area contributed by atoms with E-state index < -0.39 is 0 Å². The Morgan fingerprint density at radius 2 is 1.93 bits per heavy atom. The maximum atomic E-state index is 12.6. The number of para-hydroxylation sites is 2. The molecular weight excluding hydrogens is 378 g/mol. The number of aromatic nitrogens is 4. The Balaban J connectivity index is 1.63. The van der Waals surface area contributed by atoms with Crippen LogP contribution in [0, 0.1) is 0 Å². The van der Waals surface area contributed by atoms with E-state index in [1.54, 1.807) is 28.9 Å². The second kappa shape index (κ2) is 7.01. The lowest BCUT2D eigenvalue weighted by molar-refractivity contribution is 0.102. The number of hydrogen-bond acceptors (Lipinski definition) is 4. The van der Waals surface area contributed by atoms with E-state index in [-0.39, 0.29) is 5.91 Å². The van der Waals surface area contributed by atoms with Gasteiger partial charge in [0, 0.05) is 25.7 Å². The van der Waals surface area contributed by atoms with Gasteiger partial charge < -0.3 is 14.6 Å². The predicted octanol–water partition coefficient (Wildman–Crippen LogP) is 3.89. The van der Waals surface area contributed by atoms with Gasteiger partial charge >= 0.3 is 0 Å². The molecule has 0 radical (unpaired) electrons. The van der Waals surface area contributed by atoms with Crippen molar-refractivity contribution in [3.05, 3.63) is 59.1 Å². The highest BCUT2D eigenvalue weighted by molar-refractivity contribution is 6.32. The largest absolute Gasteiger partial charge is 0.495 e. The summed E-state index contributed by atoms with van der Waals surface area (Å²) in [5, 5.41) is 7.57. The lowest BCUT2D eigenvalue weighted by atomic mass is 10.2. The number of ether oxygens (including phenoxy) is 1. The highest BCUT2D eigenvalue weighted by atomic mass is 35.5. The Bertz CT molecular complexity index is 1190. The van der Waals surface area contributed by atoms with Gasteiger partial charge in [0.05, 0.1) is 23.2 Å². The molecule has 7 nitrogen and oxygen atoms in total. The van der Waals surface area contributed by atoms with E-state index in [4.69, 9.17) is 16.3 Å². The van der Waals surface area contributed by atoms with Gasteiger partial charge in [0.2, 0.25) is 0 Å². The van der Waals surface area contributed by atoms with Crippen LogP contribution in [-0.4, -0.2) is 32.3 Å². The number of carbonyl (C=O) groups excluding carboxylic acids is 1. The second-order valence-electron chi connectivity index (χ2n) is 6.33. The first kappa shape index (κ1) is 18.1. The molecule has 0 aliphatic rings. The Labute approximate surface area is 166 Å². The molecular formula is C20H18ClN5O2. The molecule has 0 bridgehead atoms. The van der Waals surface area contributed by atoms with Gasteiger partial charge in [-0.25, -0.2) is 4.98 Å². The number of nitrogens with zero attached hydrogens (tertiary/aromatic N) is 4. The summed E-state index contributed by atoms with van der Waals surface area (Å²) in [4.78, 5) is 17.2. The SMILES string of the molecule is COc1ccc(C(=O)Nc2cc(-c3nc4ccccc4n3C)n(C)n2)cc1Cl. The van der Waals surface area contributed by atoms with Gasteiger partial charge in [-0.2, -0.15) is 5.10 Å². The van der Waals surface area contributed by atoms with Gasteiger partial charge in [-0.1, -0.05) is 23.7 Å². The normalized spacial score (nSPS) is 11.0. The molecule has 0 atom stereocenters. The maximum absolute atomic E-state index is 12.6. The summed E-state index contributed by atoms with van der Waals surface area (Å²) in [5.74, 6) is 1.41. The van der Waals surface area contributed by atoms with E-state index in [9.17, 15) is 4.79 Å². The number of nitrogens with one attached hydrogen (secondary N) is 1. The van der Waals surface area contributed by atoms with Crippen molar-refractivity contribution >= 4 is 34.4 Å². The summed E-state index contributed by atoms with van der Waals surface area (Å²) >= 11 is 6.11. The number of methoxy groups -OCH3 is 1. The summed E-state index contributed by atoms with van der Waals surface area (Å²) in [6.45, 7) is 0. The van der Waals surface area contributed by atoms with Crippen LogP contribution in [0.3, 0.4) is 0 Å². The van der Waals surface area contributed by atoms with Crippen molar-refractivity contribution in [2.24, 2.45) is 14.1 Å². The molecule has 0 fully saturated rings. The minimum atomic E-state index is -0.306. The molecule has 28 heavy (non-hydrogen) atoms. The molecule has 0 saturated carbocycles. The Morgan fingerprint density at radius 3 is 2.64 bits per heavy atom. The van der Waals surface area contributed by atoms with Crippen molar-refractivity contribution in [2.75, 3.05) is 12.4 Å². The molecule has 2 aromatic carbocycles. The van der Waals surface area contributed by atoms with Gasteiger partial charge in [0.1, 0.15) is 11.4 Å². The molecule has 0 unspecified atom stereocenters. The second-order valence-corrected chi connectivity index (χ2v) is 6.73. The molecule has 2 aromatic heterocycles. The number of anilines is 1. The number of halogens is 1. The number of imidazole rings is 1. The number of carbonyl (C=O) groups is 1. The molecule has 4 rings (SSSR count). The molecule has 4 aromatic rings. The van der Waals surface area contributed by atoms with Gasteiger partial charge in [-0.15, -0.1) is 0 Å². The first-order valence-electron chi connectivity index (χ1n) is 8.58. The van der Waals surface area contributed by atoms with E-state index in [0.29, 0.717) is 22.2 Å². The summed E-state index contributed by atoms with van der Waals surface area (Å²) in [6.07, 6.45) is 0. The van der Waals surface area contributed by atoms with Crippen LogP contribution in [-0.2, 0) is 14.1 Å². The first-order chi connectivity index (χ1) is 13.5. The third kappa shape index (κ3) is 3.10. The average Bonchev–Trinajstić information content (AvgIpc) is 3.21. The van der Waals surface area contributed by atoms with Gasteiger partial charge in [-0.3, -0.25) is 9.48 Å². The number of aryl methyl sites for hydroxylation is 2. The molecule has 8 heteroatoms. The fourth-order valence-electron chi connectivity index (χ4n) is 3.11. The monoisotopic (exact) mass is 395 g/mol. The first-order valence-corrected chi connectivity index (χ1v) is 8.96. The fraction of sp³-hybridized carbons (Fsp3) is 0.150. The van der Waals surface area contributed by atoms with E-state index in [1.165, 1.54) is 7.11 Å². The van der Waals surface area contributed by atoms with Crippen LogP contribution in [0.4, 0.5) is 5.82 Å². The van der Waals surface area contributed by atoms with Gasteiger partial charge in [-0.05, 0) is 30.3 Å². The molecule has 1 N–H and O–H groups in total. The lowest BCUT2D eigenvalue weighted by Crippen LogP contribution is -2.12. The third-order valence-electron chi connectivity index (χ3n) is 4.55. The standard InChI is InChI=1S/C20H18ClN5O2/c1-25-15-7-5-4-6-14(15)22-19(25)16-11-18(24-26(16)2)23-20(27)12-8-9-17(28-3)13(21)10-12/h4-11H,1-3H3,(H,23,24,27). The molecule has 0 spiro atoms. The number of rotatable bonds is 4. The van der Waals surface area contributed by atoms with Crippen LogP contribution in [0.25, 0.3) is 22.6 Å². The average molecular weight is 396 g/mol. The minimum Gasteiger partial charge on any atom is -0.495 e. The minimum absolute atomic E-state index is 0.306. The van der Waals surface area contributed by atoms with E-state index >= 15 is 0 Å². The predicted molar refractivity (Wildman–Crippen MR) is 109 cm³/mol. The van der Waals surface area contributed by atoms with Crippen molar-refractivity contribution in [3.63, 3.8) is 0 Å². The molecule has 1 amide bonds. The zero-order valence-electron chi connectivity index (χ0n) is 15.6. The molecule has 0 aliphatic heterocycles. The van der Waals surface area contributed by atoms with E-state index in [2.05, 4.69) is 15.4 Å². The highest BCUT2D eigenvalue weighted by Gasteiger charge is 2.17. The molecule has 0 aliphatic carbocycles. The highest BCUT2D eigenvalue weighted by Crippen LogP contribution is 2.27. The molecule has 2 heterocycles. The van der Waals surface area contributed by atoms with Crippen LogP contribution < -0.4 is 10.1 Å². The Hall–Kier alpha value is -3.32. The smallest absolute Gasteiger partial charge is 0.256 e. The van der Waals surface area contributed by atoms with Crippen molar-refractivity contribution in [1.82, 2.24) is 19.3 Å². The fourth-order valence-corrected chi connectivity index (χ4v) is 3.37. The summed E-state index contributed by atoms with van der Waals surface area (Å²) in [5.41, 5.74) is 3.14. The number of fused-ring (bicyclic) bond motifs is 1. The Morgan fingerprint density at radius 1 is 1.14 bits per heavy atom. The molecule has 142 valence electrons. The van der Waals surface area contributed by atoms with Crippen LogP contribution in [0.5, 0.6) is 5.75 Å². The van der Waals surface area contributed by atoms with Crippen LogP contribution in [0.1, 0.15) is 10.4 Å². The number of benzene rings is 2. The quantitative estimate of drug-likeness (QED) is 0.569. The van der Waals surface area contributed by atoms with Crippen LogP contribution in [0.2, 0.25) is 5.02 Å². The van der Waals surface area contributed by atoms with Crippen molar-refractivity contribution in [3.8, 4) is 17.3 Å². The number of amides is 1. The van der Waals surface area contributed by atoms with Crippen molar-refractivity contribution in [2.45, 2.75) is 0 Å². The summed E-state index contributed by atoms with van der Waals surface area (Å²) in [7, 11) is 5.29. The van der Waals surface area contributed by atoms with E-state index in [1.807, 2.05) is 42.9 Å². The molecule has 0 saturated heterocycles. The zero-order valence-corrected chi connectivity index (χ0v) is 16.4. The number of hydrogen-bond donors (Lipinski definition) is 1.